The van der Waals surface area contributed by atoms with Crippen LogP contribution < -0.4 is 19.7 Å². The van der Waals surface area contributed by atoms with Crippen molar-refractivity contribution < 1.29 is 32.2 Å². The molecule has 11 nitrogen and oxygen atoms in total. The Balaban J connectivity index is 1.23. The molecular formula is C35H36N4O7S. The minimum Gasteiger partial charge on any atom is -0.482 e. The van der Waals surface area contributed by atoms with E-state index in [2.05, 4.69) is 65.1 Å². The summed E-state index contributed by atoms with van der Waals surface area (Å²) in [6, 6.07) is 15.9. The van der Waals surface area contributed by atoms with Crippen LogP contribution in [-0.2, 0) is 20.0 Å². The van der Waals surface area contributed by atoms with Crippen LogP contribution >= 0.6 is 0 Å². The molecule has 1 amide bonds. The Hall–Kier alpha value is -5.10. The number of amides is 1. The summed E-state index contributed by atoms with van der Waals surface area (Å²) in [5.41, 5.74) is 4.26. The number of H-pyrrole nitrogens is 1. The summed E-state index contributed by atoms with van der Waals surface area (Å²) in [7, 11) is -4.27. The first-order valence-corrected chi connectivity index (χ1v) is 16.7. The first kappa shape index (κ1) is 31.9. The van der Waals surface area contributed by atoms with Crippen LogP contribution in [0.5, 0.6) is 11.6 Å². The van der Waals surface area contributed by atoms with Gasteiger partial charge < -0.3 is 25.0 Å². The van der Waals surface area contributed by atoms with Crippen molar-refractivity contribution in [3.63, 3.8) is 0 Å². The average Bonchev–Trinajstić information content (AvgIpc) is 3.57. The van der Waals surface area contributed by atoms with Gasteiger partial charge in [-0.15, -0.1) is 0 Å². The van der Waals surface area contributed by atoms with Crippen molar-refractivity contribution in [3.05, 3.63) is 88.6 Å². The van der Waals surface area contributed by atoms with Gasteiger partial charge in [-0.25, -0.2) is 8.42 Å². The minimum atomic E-state index is -4.27. The maximum absolute atomic E-state index is 13.0. The van der Waals surface area contributed by atoms with E-state index >= 15 is 0 Å². The molecule has 0 saturated carbocycles. The second kappa shape index (κ2) is 11.6. The number of sulfone groups is 1. The molecule has 2 aromatic heterocycles. The van der Waals surface area contributed by atoms with Gasteiger partial charge in [0.1, 0.15) is 17.5 Å². The molecule has 0 saturated heterocycles. The Kier molecular flexibility index (Phi) is 7.87. The highest BCUT2D eigenvalue weighted by Gasteiger charge is 2.36. The molecule has 3 aromatic carbocycles. The lowest BCUT2D eigenvalue weighted by atomic mass is 9.86. The second-order valence-corrected chi connectivity index (χ2v) is 15.0. The van der Waals surface area contributed by atoms with Gasteiger partial charge in [0.15, 0.2) is 0 Å². The SMILES string of the molecule is CC(CNC(=O)/C=C/c1cc2c([nH]c3ccc(C(C)(C)C)cc32)c2c1OC(C)(C)C=C2)Oc1no[n+]([O-])c1S(=O)(=O)c1ccccc1. The molecule has 1 unspecified atom stereocenters. The second-order valence-electron chi connectivity index (χ2n) is 13.2. The van der Waals surface area contributed by atoms with E-state index in [4.69, 9.17) is 9.47 Å². The molecule has 0 radical (unpaired) electrons. The van der Waals surface area contributed by atoms with Gasteiger partial charge in [0.2, 0.25) is 5.91 Å². The van der Waals surface area contributed by atoms with Crippen LogP contribution in [0.15, 0.2) is 81.3 Å². The molecule has 0 fully saturated rings. The first-order chi connectivity index (χ1) is 22.1. The highest BCUT2D eigenvalue weighted by atomic mass is 32.2. The van der Waals surface area contributed by atoms with Gasteiger partial charge in [0, 0.05) is 33.5 Å². The molecule has 0 spiro atoms. The minimum absolute atomic E-state index is 0.0127. The van der Waals surface area contributed by atoms with Crippen LogP contribution in [0.1, 0.15) is 58.2 Å². The van der Waals surface area contributed by atoms with Gasteiger partial charge in [0.25, 0.3) is 9.84 Å². The quantitative estimate of drug-likeness (QED) is 0.156. The van der Waals surface area contributed by atoms with Crippen LogP contribution in [0.4, 0.5) is 0 Å². The van der Waals surface area contributed by atoms with E-state index in [-0.39, 0.29) is 21.8 Å². The summed E-state index contributed by atoms with van der Waals surface area (Å²) in [5, 5.41) is 19.8. The monoisotopic (exact) mass is 656 g/mol. The number of aromatic nitrogens is 3. The summed E-state index contributed by atoms with van der Waals surface area (Å²) in [6.07, 6.45) is 6.43. The van der Waals surface area contributed by atoms with Crippen LogP contribution in [0.2, 0.25) is 0 Å². The maximum Gasteiger partial charge on any atom is 0.415 e. The van der Waals surface area contributed by atoms with Crippen molar-refractivity contribution >= 4 is 49.7 Å². The van der Waals surface area contributed by atoms with Crippen LogP contribution in [-0.4, -0.2) is 42.7 Å². The van der Waals surface area contributed by atoms with E-state index in [1.807, 2.05) is 26.0 Å². The molecule has 12 heteroatoms. The zero-order chi connectivity index (χ0) is 33.7. The van der Waals surface area contributed by atoms with Gasteiger partial charge in [-0.1, -0.05) is 45.0 Å². The molecule has 0 aliphatic carbocycles. The van der Waals surface area contributed by atoms with E-state index in [0.717, 1.165) is 32.9 Å². The number of rotatable bonds is 8. The fourth-order valence-corrected chi connectivity index (χ4v) is 6.72. The lowest BCUT2D eigenvalue weighted by Crippen LogP contribution is -2.34. The molecule has 47 heavy (non-hydrogen) atoms. The van der Waals surface area contributed by atoms with Gasteiger partial charge >= 0.3 is 10.9 Å². The van der Waals surface area contributed by atoms with Crippen molar-refractivity contribution in [1.29, 1.82) is 0 Å². The number of ether oxygens (including phenoxy) is 2. The molecule has 3 heterocycles. The van der Waals surface area contributed by atoms with Gasteiger partial charge in [0.05, 0.1) is 22.1 Å². The summed E-state index contributed by atoms with van der Waals surface area (Å²) in [4.78, 5) is 16.2. The normalized spacial score (nSPS) is 15.1. The zero-order valence-corrected chi connectivity index (χ0v) is 27.8. The largest absolute Gasteiger partial charge is 0.482 e. The molecule has 6 rings (SSSR count). The van der Waals surface area contributed by atoms with Crippen molar-refractivity contribution in [2.24, 2.45) is 0 Å². The van der Waals surface area contributed by atoms with Crippen LogP contribution in [0.3, 0.4) is 0 Å². The van der Waals surface area contributed by atoms with E-state index in [1.54, 1.807) is 19.1 Å². The summed E-state index contributed by atoms with van der Waals surface area (Å²) >= 11 is 0. The fraction of sp³-hybridized carbons (Fsp3) is 0.286. The number of fused-ring (bicyclic) bond motifs is 5. The highest BCUT2D eigenvalue weighted by molar-refractivity contribution is 7.91. The number of nitrogens with one attached hydrogen (secondary N) is 2. The van der Waals surface area contributed by atoms with Crippen molar-refractivity contribution in [1.82, 2.24) is 15.5 Å². The predicted molar refractivity (Wildman–Crippen MR) is 178 cm³/mol. The first-order valence-electron chi connectivity index (χ1n) is 15.2. The molecule has 244 valence electrons. The number of nitrogens with zero attached hydrogens (tertiary/aromatic N) is 2. The third-order valence-corrected chi connectivity index (χ3v) is 9.67. The molecule has 0 bridgehead atoms. The van der Waals surface area contributed by atoms with E-state index in [1.165, 1.54) is 35.9 Å². The highest BCUT2D eigenvalue weighted by Crippen LogP contribution is 2.42. The Morgan fingerprint density at radius 2 is 1.89 bits per heavy atom. The van der Waals surface area contributed by atoms with Crippen LogP contribution in [0, 0.1) is 5.21 Å². The smallest absolute Gasteiger partial charge is 0.415 e. The number of hydrogen-bond acceptors (Lipinski definition) is 8. The number of carbonyl (C=O) groups is 1. The van der Waals surface area contributed by atoms with Gasteiger partial charge in [-0.05, 0) is 85.2 Å². The van der Waals surface area contributed by atoms with E-state index in [9.17, 15) is 18.4 Å². The molecule has 1 aliphatic rings. The Morgan fingerprint density at radius 1 is 1.15 bits per heavy atom. The topological polar surface area (TPSA) is 150 Å². The lowest BCUT2D eigenvalue weighted by molar-refractivity contribution is -0.832. The maximum atomic E-state index is 13.0. The fourth-order valence-electron chi connectivity index (χ4n) is 5.44. The van der Waals surface area contributed by atoms with Crippen molar-refractivity contribution in [3.8, 4) is 11.6 Å². The van der Waals surface area contributed by atoms with Crippen LogP contribution in [0.25, 0.3) is 34.0 Å². The molecule has 2 N–H and O–H groups in total. The zero-order valence-electron chi connectivity index (χ0n) is 27.0. The molecular weight excluding hydrogens is 620 g/mol. The number of carbonyl (C=O) groups excluding carboxylic acids is 1. The molecule has 1 aliphatic heterocycles. The Morgan fingerprint density at radius 3 is 2.62 bits per heavy atom. The number of aromatic amines is 1. The van der Waals surface area contributed by atoms with E-state index in [0.29, 0.717) is 5.75 Å². The number of hydrogen-bond donors (Lipinski definition) is 2. The van der Waals surface area contributed by atoms with Gasteiger partial charge in [-0.2, -0.15) is 0 Å². The molecule has 5 aromatic rings. The summed E-state index contributed by atoms with van der Waals surface area (Å²) in [5.74, 6) is -0.246. The van der Waals surface area contributed by atoms with Crippen molar-refractivity contribution in [2.75, 3.05) is 6.54 Å². The Labute approximate surface area is 272 Å². The predicted octanol–water partition coefficient (Wildman–Crippen LogP) is 5.85. The van der Waals surface area contributed by atoms with Gasteiger partial charge in [-0.3, -0.25) is 9.42 Å². The average molecular weight is 657 g/mol. The van der Waals surface area contributed by atoms with Crippen molar-refractivity contribution in [2.45, 2.75) is 68.6 Å². The third kappa shape index (κ3) is 6.20. The summed E-state index contributed by atoms with van der Waals surface area (Å²) in [6.45, 7) is 12.1. The number of benzene rings is 3. The Bertz CT molecular complexity index is 2170. The standard InChI is InChI=1S/C35H36N4O7S/c1-21(44-32-33(39(41)46-38-32)47(42,43)24-10-8-7-9-11-24)20-36-29(40)15-12-22-18-27-26-19-23(34(2,3)4)13-14-28(26)37-30(27)25-16-17-35(5,6)45-31(22)25/h7-19,21,37H,20H2,1-6H3,(H,36,40)/b15-12+. The summed E-state index contributed by atoms with van der Waals surface area (Å²) < 4.78 is 42.7. The molecule has 1 atom stereocenters. The van der Waals surface area contributed by atoms with E-state index < -0.39 is 38.4 Å². The lowest BCUT2D eigenvalue weighted by Gasteiger charge is -2.29. The third-order valence-electron chi connectivity index (χ3n) is 7.94.